The summed E-state index contributed by atoms with van der Waals surface area (Å²) >= 11 is 0. The van der Waals surface area contributed by atoms with Crippen molar-refractivity contribution in [1.29, 1.82) is 0 Å². The van der Waals surface area contributed by atoms with E-state index in [0.29, 0.717) is 0 Å². The van der Waals surface area contributed by atoms with E-state index in [4.69, 9.17) is 10.2 Å². The third kappa shape index (κ3) is 4.13. The highest BCUT2D eigenvalue weighted by atomic mass is 32.2. The van der Waals surface area contributed by atoms with Gasteiger partial charge in [0, 0.05) is 18.7 Å². The molecule has 2 rings (SSSR count). The number of furan rings is 1. The van der Waals surface area contributed by atoms with Gasteiger partial charge in [-0.3, -0.25) is 0 Å². The number of methoxy groups -OCH3 is 1. The van der Waals surface area contributed by atoms with Crippen LogP contribution in [0.5, 0.6) is 0 Å². The molecule has 1 aromatic rings. The first kappa shape index (κ1) is 18.0. The Morgan fingerprint density at radius 2 is 2.09 bits per heavy atom. The van der Waals surface area contributed by atoms with E-state index in [2.05, 4.69) is 9.46 Å². The summed E-state index contributed by atoms with van der Waals surface area (Å²) in [6.45, 7) is 1.74. The zero-order valence-electron chi connectivity index (χ0n) is 13.5. The van der Waals surface area contributed by atoms with E-state index in [1.54, 1.807) is 0 Å². The predicted octanol–water partition coefficient (Wildman–Crippen LogP) is 1.56. The van der Waals surface area contributed by atoms with Gasteiger partial charge in [0.2, 0.25) is 15.8 Å². The molecule has 1 saturated carbocycles. The number of carbonyl (C=O) groups is 1. The maximum absolute atomic E-state index is 12.6. The first-order valence-electron chi connectivity index (χ1n) is 7.80. The van der Waals surface area contributed by atoms with Crippen molar-refractivity contribution < 1.29 is 22.4 Å². The van der Waals surface area contributed by atoms with Crippen LogP contribution in [0.4, 0.5) is 0 Å². The molecule has 130 valence electrons. The fourth-order valence-corrected chi connectivity index (χ4v) is 4.57. The highest BCUT2D eigenvalue weighted by molar-refractivity contribution is 7.89. The smallest absolute Gasteiger partial charge is 0.373 e. The van der Waals surface area contributed by atoms with Gasteiger partial charge < -0.3 is 14.9 Å². The van der Waals surface area contributed by atoms with Crippen molar-refractivity contribution in [1.82, 2.24) is 4.72 Å². The molecule has 0 aliphatic heterocycles. The fourth-order valence-electron chi connectivity index (χ4n) is 3.07. The molecule has 1 unspecified atom stereocenters. The molecule has 0 amide bonds. The van der Waals surface area contributed by atoms with Gasteiger partial charge in [0.1, 0.15) is 10.7 Å². The predicted molar refractivity (Wildman–Crippen MR) is 84.5 cm³/mol. The molecule has 23 heavy (non-hydrogen) atoms. The Labute approximate surface area is 136 Å². The van der Waals surface area contributed by atoms with Crippen LogP contribution >= 0.6 is 0 Å². The minimum absolute atomic E-state index is 0.0489. The number of ether oxygens (including phenoxy) is 1. The average molecular weight is 344 g/mol. The van der Waals surface area contributed by atoms with Crippen molar-refractivity contribution in [3.05, 3.63) is 17.6 Å². The Morgan fingerprint density at radius 1 is 1.43 bits per heavy atom. The van der Waals surface area contributed by atoms with Crippen molar-refractivity contribution in [3.63, 3.8) is 0 Å². The molecule has 1 aliphatic rings. The van der Waals surface area contributed by atoms with Crippen LogP contribution in [0.15, 0.2) is 15.4 Å². The maximum Gasteiger partial charge on any atom is 0.373 e. The van der Waals surface area contributed by atoms with E-state index in [0.717, 1.165) is 25.7 Å². The molecular weight excluding hydrogens is 320 g/mol. The van der Waals surface area contributed by atoms with E-state index in [-0.39, 0.29) is 34.9 Å². The zero-order chi connectivity index (χ0) is 17.0. The summed E-state index contributed by atoms with van der Waals surface area (Å²) in [4.78, 5) is 11.4. The van der Waals surface area contributed by atoms with Crippen LogP contribution < -0.4 is 10.5 Å². The summed E-state index contributed by atoms with van der Waals surface area (Å²) in [6.07, 6.45) is 5.33. The van der Waals surface area contributed by atoms with Gasteiger partial charge in [-0.25, -0.2) is 17.9 Å². The molecule has 0 radical (unpaired) electrons. The lowest BCUT2D eigenvalue weighted by Gasteiger charge is -2.29. The normalized spacial score (nSPS) is 17.9. The SMILES string of the molecule is COC(=O)c1cc(S(=O)(=O)NC(CN)C2CCCCC2)c(C)o1. The Bertz CT molecular complexity index is 647. The van der Waals surface area contributed by atoms with Crippen LogP contribution in [-0.4, -0.2) is 34.1 Å². The van der Waals surface area contributed by atoms with E-state index < -0.39 is 16.0 Å². The molecule has 1 heterocycles. The molecule has 0 spiro atoms. The van der Waals surface area contributed by atoms with Gasteiger partial charge in [-0.05, 0) is 25.7 Å². The largest absolute Gasteiger partial charge is 0.463 e. The summed E-state index contributed by atoms with van der Waals surface area (Å²) < 4.78 is 37.6. The van der Waals surface area contributed by atoms with Crippen molar-refractivity contribution in [2.75, 3.05) is 13.7 Å². The molecule has 7 nitrogen and oxygen atoms in total. The van der Waals surface area contributed by atoms with Crippen LogP contribution in [0, 0.1) is 12.8 Å². The Balaban J connectivity index is 2.20. The van der Waals surface area contributed by atoms with Crippen LogP contribution in [0.1, 0.15) is 48.4 Å². The Hall–Kier alpha value is -1.38. The third-order valence-corrected chi connectivity index (χ3v) is 5.93. The average Bonchev–Trinajstić information content (AvgIpc) is 2.95. The van der Waals surface area contributed by atoms with Gasteiger partial charge in [-0.15, -0.1) is 0 Å². The molecule has 1 aromatic heterocycles. The van der Waals surface area contributed by atoms with Gasteiger partial charge in [0.15, 0.2) is 0 Å². The number of rotatable bonds is 6. The monoisotopic (exact) mass is 344 g/mol. The van der Waals surface area contributed by atoms with Crippen molar-refractivity contribution in [3.8, 4) is 0 Å². The van der Waals surface area contributed by atoms with Crippen LogP contribution in [-0.2, 0) is 14.8 Å². The lowest BCUT2D eigenvalue weighted by atomic mass is 9.84. The highest BCUT2D eigenvalue weighted by Gasteiger charge is 2.30. The number of nitrogens with two attached hydrogens (primary N) is 1. The molecule has 1 fully saturated rings. The lowest BCUT2D eigenvalue weighted by molar-refractivity contribution is 0.0563. The second-order valence-corrected chi connectivity index (χ2v) is 7.57. The molecule has 0 bridgehead atoms. The number of esters is 1. The van der Waals surface area contributed by atoms with Crippen molar-refractivity contribution >= 4 is 16.0 Å². The number of nitrogens with one attached hydrogen (secondary N) is 1. The number of carbonyl (C=O) groups excluding carboxylic acids is 1. The second-order valence-electron chi connectivity index (χ2n) is 5.88. The fraction of sp³-hybridized carbons (Fsp3) is 0.667. The standard InChI is InChI=1S/C15H24N2O5S/c1-10-14(8-13(22-10)15(18)21-2)23(19,20)17-12(9-16)11-6-4-3-5-7-11/h8,11-12,17H,3-7,9,16H2,1-2H3. The highest BCUT2D eigenvalue weighted by Crippen LogP contribution is 2.28. The second kappa shape index (κ2) is 7.46. The molecule has 0 saturated heterocycles. The van der Waals surface area contributed by atoms with E-state index in [1.165, 1.54) is 26.5 Å². The van der Waals surface area contributed by atoms with E-state index in [1.807, 2.05) is 0 Å². The third-order valence-electron chi connectivity index (χ3n) is 4.33. The van der Waals surface area contributed by atoms with E-state index >= 15 is 0 Å². The van der Waals surface area contributed by atoms with Gasteiger partial charge >= 0.3 is 5.97 Å². The molecule has 0 aromatic carbocycles. The number of hydrogen-bond acceptors (Lipinski definition) is 6. The van der Waals surface area contributed by atoms with Crippen LogP contribution in [0.25, 0.3) is 0 Å². The van der Waals surface area contributed by atoms with Gasteiger partial charge in [0.25, 0.3) is 0 Å². The molecular formula is C15H24N2O5S. The molecule has 1 aliphatic carbocycles. The number of hydrogen-bond donors (Lipinski definition) is 2. The quantitative estimate of drug-likeness (QED) is 0.758. The summed E-state index contributed by atoms with van der Waals surface area (Å²) in [5.74, 6) is -0.447. The van der Waals surface area contributed by atoms with E-state index in [9.17, 15) is 13.2 Å². The summed E-state index contributed by atoms with van der Waals surface area (Å²) in [6, 6.07) is 0.883. The van der Waals surface area contributed by atoms with Crippen molar-refractivity contribution in [2.24, 2.45) is 11.7 Å². The van der Waals surface area contributed by atoms with Gasteiger partial charge in [0.05, 0.1) is 7.11 Å². The van der Waals surface area contributed by atoms with Crippen LogP contribution in [0.3, 0.4) is 0 Å². The number of aryl methyl sites for hydroxylation is 1. The minimum Gasteiger partial charge on any atom is -0.463 e. The lowest BCUT2D eigenvalue weighted by Crippen LogP contribution is -2.45. The van der Waals surface area contributed by atoms with Crippen LogP contribution in [0.2, 0.25) is 0 Å². The number of sulfonamides is 1. The summed E-state index contributed by atoms with van der Waals surface area (Å²) in [5.41, 5.74) is 5.78. The first-order valence-corrected chi connectivity index (χ1v) is 9.28. The molecule has 8 heteroatoms. The van der Waals surface area contributed by atoms with Gasteiger partial charge in [-0.1, -0.05) is 19.3 Å². The summed E-state index contributed by atoms with van der Waals surface area (Å²) in [7, 11) is -2.60. The zero-order valence-corrected chi connectivity index (χ0v) is 14.3. The molecule has 3 N–H and O–H groups in total. The van der Waals surface area contributed by atoms with Crippen molar-refractivity contribution in [2.45, 2.75) is 50.0 Å². The first-order chi connectivity index (χ1) is 10.9. The maximum atomic E-state index is 12.6. The molecule has 1 atom stereocenters. The topological polar surface area (TPSA) is 112 Å². The Morgan fingerprint density at radius 3 is 2.65 bits per heavy atom. The van der Waals surface area contributed by atoms with Gasteiger partial charge in [-0.2, -0.15) is 0 Å². The Kier molecular flexibility index (Phi) is 5.83. The summed E-state index contributed by atoms with van der Waals surface area (Å²) in [5, 5.41) is 0. The minimum atomic E-state index is -3.80.